The van der Waals surface area contributed by atoms with Gasteiger partial charge in [-0.3, -0.25) is 14.3 Å². The largest absolute Gasteiger partial charge is 0.573 e. The van der Waals surface area contributed by atoms with E-state index in [1.165, 1.54) is 13.0 Å². The highest BCUT2D eigenvalue weighted by Gasteiger charge is 2.39. The second kappa shape index (κ2) is 10.6. The second-order valence-corrected chi connectivity index (χ2v) is 9.34. The normalized spacial score (nSPS) is 13.2. The lowest BCUT2D eigenvalue weighted by atomic mass is 10.0. The monoisotopic (exact) mass is 596 g/mol. The predicted octanol–water partition coefficient (Wildman–Crippen LogP) is 6.28. The summed E-state index contributed by atoms with van der Waals surface area (Å²) in [4.78, 5) is 26.6. The van der Waals surface area contributed by atoms with Crippen molar-refractivity contribution >= 4 is 21.6 Å². The highest BCUT2D eigenvalue weighted by molar-refractivity contribution is 7.22. The van der Waals surface area contributed by atoms with Crippen molar-refractivity contribution in [3.8, 4) is 27.7 Å². The number of halogens is 8. The zero-order valence-corrected chi connectivity index (χ0v) is 20.7. The molecule has 2 N–H and O–H groups in total. The molecule has 0 unspecified atom stereocenters. The van der Waals surface area contributed by atoms with E-state index in [1.807, 2.05) is 4.98 Å². The summed E-state index contributed by atoms with van der Waals surface area (Å²) < 4.78 is 113. The Balaban J connectivity index is 1.74. The molecule has 4 rings (SSSR count). The van der Waals surface area contributed by atoms with Gasteiger partial charge in [-0.2, -0.15) is 13.2 Å². The third kappa shape index (κ3) is 6.12. The van der Waals surface area contributed by atoms with Crippen LogP contribution in [0.15, 0.2) is 52.1 Å². The molecule has 1 atom stereocenters. The number of H-pyrrole nitrogens is 1. The Morgan fingerprint density at radius 2 is 1.62 bits per heavy atom. The summed E-state index contributed by atoms with van der Waals surface area (Å²) in [6.45, 7) is 0.201. The van der Waals surface area contributed by atoms with Gasteiger partial charge in [0.25, 0.3) is 12.0 Å². The summed E-state index contributed by atoms with van der Waals surface area (Å²) in [5, 5.41) is 9.31. The van der Waals surface area contributed by atoms with Crippen LogP contribution in [0.25, 0.3) is 20.7 Å². The molecule has 0 radical (unpaired) electrons. The fourth-order valence-corrected chi connectivity index (χ4v) is 5.09. The third-order valence-electron chi connectivity index (χ3n) is 5.59. The zero-order chi connectivity index (χ0) is 29.6. The van der Waals surface area contributed by atoms with Crippen molar-refractivity contribution in [3.63, 3.8) is 0 Å². The smallest absolute Gasteiger partial charge is 0.457 e. The highest BCUT2D eigenvalue weighted by atomic mass is 32.1. The van der Waals surface area contributed by atoms with Gasteiger partial charge in [-0.05, 0) is 60.5 Å². The van der Waals surface area contributed by atoms with Gasteiger partial charge in [-0.15, -0.1) is 24.5 Å². The molecule has 40 heavy (non-hydrogen) atoms. The average Bonchev–Trinajstić information content (AvgIpc) is 3.18. The molecule has 2 heterocycles. The van der Waals surface area contributed by atoms with Gasteiger partial charge in [0.15, 0.2) is 6.10 Å². The number of nitrogens with zero attached hydrogens (tertiary/aromatic N) is 1. The first-order valence-corrected chi connectivity index (χ1v) is 11.8. The first-order valence-electron chi connectivity index (χ1n) is 11.0. The number of nitrogens with one attached hydrogen (secondary N) is 1. The van der Waals surface area contributed by atoms with Gasteiger partial charge < -0.3 is 14.6 Å². The van der Waals surface area contributed by atoms with Gasteiger partial charge >= 0.3 is 18.2 Å². The molecular formula is C24H16F8N2O5S. The molecule has 0 aliphatic heterocycles. The topological polar surface area (TPSA) is 93.5 Å². The molecule has 214 valence electrons. The molecule has 0 aliphatic rings. The van der Waals surface area contributed by atoms with Crippen molar-refractivity contribution in [1.82, 2.24) is 9.55 Å². The minimum atomic E-state index is -5.05. The molecular weight excluding hydrogens is 580 g/mol. The summed E-state index contributed by atoms with van der Waals surface area (Å²) in [6, 6.07) is 7.47. The number of alkyl halides is 8. The molecule has 0 spiro atoms. The minimum absolute atomic E-state index is 0.0824. The van der Waals surface area contributed by atoms with Crippen LogP contribution >= 0.6 is 11.3 Å². The van der Waals surface area contributed by atoms with E-state index in [4.69, 9.17) is 4.74 Å². The molecule has 0 saturated heterocycles. The Hall–Kier alpha value is -3.92. The molecule has 7 nitrogen and oxygen atoms in total. The number of hydrogen-bond acceptors (Lipinski definition) is 6. The number of aromatic amines is 1. The third-order valence-corrected chi connectivity index (χ3v) is 6.96. The number of hydrogen-bond donors (Lipinski definition) is 2. The number of aromatic nitrogens is 2. The molecule has 2 aromatic heterocycles. The Kier molecular flexibility index (Phi) is 7.68. The van der Waals surface area contributed by atoms with E-state index < -0.39 is 54.2 Å². The van der Waals surface area contributed by atoms with Crippen LogP contribution in [-0.4, -0.2) is 33.3 Å². The summed E-state index contributed by atoms with van der Waals surface area (Å²) in [6.07, 6.45) is -16.0. The molecule has 0 amide bonds. The molecule has 0 aliphatic carbocycles. The van der Waals surface area contributed by atoms with Crippen LogP contribution < -0.4 is 20.7 Å². The van der Waals surface area contributed by atoms with Gasteiger partial charge in [-0.1, -0.05) is 0 Å². The van der Waals surface area contributed by atoms with E-state index in [2.05, 4.69) is 4.74 Å². The van der Waals surface area contributed by atoms with Crippen LogP contribution in [0.2, 0.25) is 0 Å². The Bertz CT molecular complexity index is 1660. The molecule has 0 bridgehead atoms. The van der Waals surface area contributed by atoms with E-state index >= 15 is 0 Å². The maximum atomic E-state index is 14.0. The lowest BCUT2D eigenvalue weighted by Crippen LogP contribution is -2.38. The Labute approximate surface area is 221 Å². The lowest BCUT2D eigenvalue weighted by molar-refractivity contribution is -0.274. The first kappa shape index (κ1) is 29.1. The molecule has 4 aromatic rings. The van der Waals surface area contributed by atoms with Crippen molar-refractivity contribution in [2.24, 2.45) is 0 Å². The predicted molar refractivity (Wildman–Crippen MR) is 127 cm³/mol. The van der Waals surface area contributed by atoms with Gasteiger partial charge in [0.1, 0.15) is 22.1 Å². The van der Waals surface area contributed by atoms with Crippen LogP contribution in [0.5, 0.6) is 17.2 Å². The molecule has 2 aromatic carbocycles. The number of ether oxygens (including phenoxy) is 2. The molecule has 16 heteroatoms. The fraction of sp³-hybridized carbons (Fsp3) is 0.250. The van der Waals surface area contributed by atoms with E-state index in [-0.39, 0.29) is 37.7 Å². The Morgan fingerprint density at radius 3 is 2.20 bits per heavy atom. The summed E-state index contributed by atoms with van der Waals surface area (Å²) >= 11 is 0.694. The summed E-state index contributed by atoms with van der Waals surface area (Å²) in [5.41, 5.74) is -2.44. The maximum Gasteiger partial charge on any atom is 0.573 e. The Morgan fingerprint density at radius 1 is 1.00 bits per heavy atom. The molecule has 0 saturated carbocycles. The number of rotatable bonds is 7. The number of fused-ring (bicyclic) bond motifs is 1. The number of aryl methyl sites for hydroxylation is 1. The van der Waals surface area contributed by atoms with Crippen LogP contribution in [0.4, 0.5) is 35.1 Å². The minimum Gasteiger partial charge on any atom is -0.457 e. The van der Waals surface area contributed by atoms with Crippen LogP contribution in [0.3, 0.4) is 0 Å². The van der Waals surface area contributed by atoms with E-state index in [0.717, 1.165) is 36.4 Å². The fourth-order valence-electron chi connectivity index (χ4n) is 3.78. The van der Waals surface area contributed by atoms with Crippen molar-refractivity contribution in [2.45, 2.75) is 38.5 Å². The van der Waals surface area contributed by atoms with Crippen LogP contribution in [0, 0.1) is 6.92 Å². The van der Waals surface area contributed by atoms with Gasteiger partial charge in [-0.25, -0.2) is 13.6 Å². The lowest BCUT2D eigenvalue weighted by Gasteiger charge is -2.15. The number of benzene rings is 2. The van der Waals surface area contributed by atoms with E-state index in [0.29, 0.717) is 15.9 Å². The van der Waals surface area contributed by atoms with Crippen molar-refractivity contribution in [3.05, 3.63) is 74.4 Å². The van der Waals surface area contributed by atoms with Crippen molar-refractivity contribution < 1.29 is 49.7 Å². The van der Waals surface area contributed by atoms with Crippen LogP contribution in [0.1, 0.15) is 17.6 Å². The van der Waals surface area contributed by atoms with Crippen molar-refractivity contribution in [2.75, 3.05) is 0 Å². The number of aliphatic hydroxyl groups is 1. The van der Waals surface area contributed by atoms with Gasteiger partial charge in [0, 0.05) is 4.88 Å². The number of aliphatic hydroxyl groups excluding tert-OH is 1. The second-order valence-electron chi connectivity index (χ2n) is 8.34. The quantitative estimate of drug-likeness (QED) is 0.245. The number of thiophene rings is 1. The zero-order valence-electron chi connectivity index (χ0n) is 19.9. The summed E-state index contributed by atoms with van der Waals surface area (Å²) in [7, 11) is 0. The van der Waals surface area contributed by atoms with Crippen LogP contribution in [-0.2, 0) is 6.54 Å². The van der Waals surface area contributed by atoms with Gasteiger partial charge in [0.05, 0.1) is 17.5 Å². The average molecular weight is 596 g/mol. The van der Waals surface area contributed by atoms with Gasteiger partial charge in [0.2, 0.25) is 0 Å². The maximum absolute atomic E-state index is 14.0. The van der Waals surface area contributed by atoms with Crippen molar-refractivity contribution in [1.29, 1.82) is 0 Å². The SMILES string of the molecule is Cc1c(-c2ccc(Oc3ccc(OC(F)(F)F)cc3)c(C(F)F)c2)sc2c1c(=O)[nH]c(=O)n2C[C@@H](O)C(F)(F)F. The van der Waals surface area contributed by atoms with E-state index in [1.54, 1.807) is 0 Å². The summed E-state index contributed by atoms with van der Waals surface area (Å²) in [5.74, 6) is -0.980. The first-order chi connectivity index (χ1) is 18.5. The molecule has 0 fully saturated rings. The standard InChI is InChI=1S/C24H16F8N2O5S/c1-10-17-20(36)33-22(37)34(9-16(35)23(27,28)29)21(17)40-18(10)11-2-7-15(14(8-11)19(25)26)38-12-3-5-13(6-4-12)39-24(30,31)32/h2-8,16,19,35H,9H2,1H3,(H,33,36,37)/t16-/m1/s1. The highest BCUT2D eigenvalue weighted by Crippen LogP contribution is 2.41. The van der Waals surface area contributed by atoms with E-state index in [9.17, 15) is 49.8 Å².